The number of pyridine rings is 1. The molecule has 0 bridgehead atoms. The number of nitrogens with one attached hydrogen (secondary N) is 2. The SMILES string of the molecule is CCNSC(=O)N/N=C/c1ccc(O)c[n+]1C. The second-order valence-corrected chi connectivity index (χ2v) is 4.04. The number of hydrogen-bond acceptors (Lipinski definition) is 5. The van der Waals surface area contributed by atoms with Gasteiger partial charge in [0.2, 0.25) is 11.9 Å². The van der Waals surface area contributed by atoms with Gasteiger partial charge in [-0.3, -0.25) is 9.52 Å². The average Bonchev–Trinajstić information content (AvgIpc) is 2.29. The van der Waals surface area contributed by atoms with E-state index in [-0.39, 0.29) is 11.0 Å². The third-order valence-electron chi connectivity index (χ3n) is 1.82. The summed E-state index contributed by atoms with van der Waals surface area (Å²) in [7, 11) is 1.77. The minimum atomic E-state index is -0.274. The van der Waals surface area contributed by atoms with Crippen molar-refractivity contribution < 1.29 is 14.5 Å². The highest BCUT2D eigenvalue weighted by Gasteiger charge is 2.04. The van der Waals surface area contributed by atoms with Crippen LogP contribution in [0.15, 0.2) is 23.4 Å². The summed E-state index contributed by atoms with van der Waals surface area (Å²) in [5.74, 6) is 0.177. The van der Waals surface area contributed by atoms with Gasteiger partial charge in [-0.25, -0.2) is 5.43 Å². The van der Waals surface area contributed by atoms with Crippen LogP contribution in [0, 0.1) is 0 Å². The molecule has 1 aromatic rings. The van der Waals surface area contributed by atoms with Gasteiger partial charge in [-0.15, -0.1) is 0 Å². The molecule has 0 unspecified atom stereocenters. The molecule has 1 heterocycles. The van der Waals surface area contributed by atoms with E-state index in [1.165, 1.54) is 6.21 Å². The molecule has 6 nitrogen and oxygen atoms in total. The predicted molar refractivity (Wildman–Crippen MR) is 66.7 cm³/mol. The molecular formula is C10H15N4O2S+. The zero-order valence-corrected chi connectivity index (χ0v) is 10.5. The normalized spacial score (nSPS) is 10.7. The van der Waals surface area contributed by atoms with Crippen molar-refractivity contribution >= 4 is 23.4 Å². The van der Waals surface area contributed by atoms with E-state index < -0.39 is 0 Å². The molecule has 0 saturated carbocycles. The maximum atomic E-state index is 11.2. The fraction of sp³-hybridized carbons (Fsp3) is 0.300. The van der Waals surface area contributed by atoms with E-state index in [1.807, 2.05) is 6.92 Å². The van der Waals surface area contributed by atoms with Crippen molar-refractivity contribution in [3.63, 3.8) is 0 Å². The highest BCUT2D eigenvalue weighted by atomic mass is 32.2. The third-order valence-corrected chi connectivity index (χ3v) is 2.53. The summed E-state index contributed by atoms with van der Waals surface area (Å²) >= 11 is 0.958. The summed E-state index contributed by atoms with van der Waals surface area (Å²) in [6.45, 7) is 2.61. The standard InChI is InChI=1S/C10H14N4O2S/c1-3-12-17-10(16)13-11-6-8-4-5-9(15)7-14(8)2/h4-7,12,15H,3H2,1-2H3/p+1. The molecule has 17 heavy (non-hydrogen) atoms. The molecule has 0 saturated heterocycles. The van der Waals surface area contributed by atoms with Gasteiger partial charge in [0.1, 0.15) is 13.3 Å². The van der Waals surface area contributed by atoms with Crippen LogP contribution < -0.4 is 14.7 Å². The van der Waals surface area contributed by atoms with Gasteiger partial charge >= 0.3 is 5.24 Å². The Hall–Kier alpha value is -1.60. The van der Waals surface area contributed by atoms with Crippen LogP contribution in [-0.2, 0) is 7.05 Å². The number of carbonyl (C=O) groups excluding carboxylic acids is 1. The second kappa shape index (κ2) is 6.87. The van der Waals surface area contributed by atoms with Gasteiger partial charge in [0, 0.05) is 24.6 Å². The number of aromatic hydroxyl groups is 1. The lowest BCUT2D eigenvalue weighted by molar-refractivity contribution is -0.672. The molecule has 1 amide bonds. The first-order valence-electron chi connectivity index (χ1n) is 5.05. The number of amides is 1. The quantitative estimate of drug-likeness (QED) is 0.317. The molecule has 0 atom stereocenters. The van der Waals surface area contributed by atoms with E-state index >= 15 is 0 Å². The van der Waals surface area contributed by atoms with Crippen LogP contribution in [-0.4, -0.2) is 23.1 Å². The molecule has 0 aromatic carbocycles. The van der Waals surface area contributed by atoms with Crippen LogP contribution in [0.25, 0.3) is 0 Å². The Kier molecular flexibility index (Phi) is 5.44. The summed E-state index contributed by atoms with van der Waals surface area (Å²) in [5, 5.41) is 12.7. The van der Waals surface area contributed by atoms with E-state index in [9.17, 15) is 9.90 Å². The first-order chi connectivity index (χ1) is 8.13. The van der Waals surface area contributed by atoms with E-state index in [1.54, 1.807) is 29.9 Å². The van der Waals surface area contributed by atoms with Gasteiger partial charge in [-0.2, -0.15) is 9.67 Å². The number of nitrogens with zero attached hydrogens (tertiary/aromatic N) is 2. The van der Waals surface area contributed by atoms with Gasteiger partial charge in [0.15, 0.2) is 5.75 Å². The summed E-state index contributed by atoms with van der Waals surface area (Å²) in [4.78, 5) is 11.2. The Bertz CT molecular complexity index is 423. The van der Waals surface area contributed by atoms with Crippen molar-refractivity contribution in [2.75, 3.05) is 6.54 Å². The van der Waals surface area contributed by atoms with E-state index in [4.69, 9.17) is 0 Å². The number of aromatic nitrogens is 1. The minimum absolute atomic E-state index is 0.177. The van der Waals surface area contributed by atoms with Gasteiger partial charge in [-0.05, 0) is 6.07 Å². The average molecular weight is 255 g/mol. The molecular weight excluding hydrogens is 240 g/mol. The monoisotopic (exact) mass is 255 g/mol. The summed E-state index contributed by atoms with van der Waals surface area (Å²) < 4.78 is 4.50. The van der Waals surface area contributed by atoms with Gasteiger partial charge in [-0.1, -0.05) is 6.92 Å². The number of hydrogen-bond donors (Lipinski definition) is 3. The summed E-state index contributed by atoms with van der Waals surface area (Å²) in [6, 6.07) is 3.25. The molecule has 7 heteroatoms. The van der Waals surface area contributed by atoms with Crippen LogP contribution in [0.5, 0.6) is 5.75 Å². The van der Waals surface area contributed by atoms with Gasteiger partial charge in [0.05, 0.1) is 0 Å². The fourth-order valence-electron chi connectivity index (χ4n) is 1.05. The molecule has 0 aliphatic carbocycles. The third kappa shape index (κ3) is 4.83. The maximum absolute atomic E-state index is 11.2. The Morgan fingerprint density at radius 2 is 2.41 bits per heavy atom. The zero-order chi connectivity index (χ0) is 12.7. The molecule has 1 rings (SSSR count). The molecule has 92 valence electrons. The number of rotatable bonds is 4. The van der Waals surface area contributed by atoms with E-state index in [2.05, 4.69) is 15.2 Å². The summed E-state index contributed by atoms with van der Waals surface area (Å²) in [6.07, 6.45) is 3.06. The minimum Gasteiger partial charge on any atom is -0.503 e. The first-order valence-corrected chi connectivity index (χ1v) is 5.86. The first kappa shape index (κ1) is 13.5. The topological polar surface area (TPSA) is 77.6 Å². The second-order valence-electron chi connectivity index (χ2n) is 3.18. The van der Waals surface area contributed by atoms with Crippen molar-refractivity contribution in [2.24, 2.45) is 12.1 Å². The van der Waals surface area contributed by atoms with Crippen molar-refractivity contribution in [1.82, 2.24) is 10.1 Å². The van der Waals surface area contributed by atoms with Crippen LogP contribution in [0.1, 0.15) is 12.6 Å². The fourth-order valence-corrected chi connectivity index (χ4v) is 1.42. The molecule has 0 fully saturated rings. The Morgan fingerprint density at radius 1 is 1.65 bits per heavy atom. The van der Waals surface area contributed by atoms with Gasteiger partial charge < -0.3 is 5.11 Å². The van der Waals surface area contributed by atoms with Crippen LogP contribution in [0.4, 0.5) is 4.79 Å². The molecule has 0 aliphatic rings. The number of carbonyl (C=O) groups is 1. The van der Waals surface area contributed by atoms with Crippen LogP contribution in [0.3, 0.4) is 0 Å². The van der Waals surface area contributed by atoms with Crippen molar-refractivity contribution in [3.8, 4) is 5.75 Å². The lowest BCUT2D eigenvalue weighted by atomic mass is 10.3. The Labute approximate surface area is 104 Å². The molecule has 0 spiro atoms. The lowest BCUT2D eigenvalue weighted by Gasteiger charge is -1.98. The number of hydrazone groups is 1. The predicted octanol–water partition coefficient (Wildman–Crippen LogP) is 0.518. The zero-order valence-electron chi connectivity index (χ0n) is 9.67. The summed E-state index contributed by atoms with van der Waals surface area (Å²) in [5.41, 5.74) is 3.12. The number of aryl methyl sites for hydroxylation is 1. The molecule has 0 aliphatic heterocycles. The smallest absolute Gasteiger partial charge is 0.314 e. The largest absolute Gasteiger partial charge is 0.503 e. The Morgan fingerprint density at radius 3 is 3.06 bits per heavy atom. The lowest BCUT2D eigenvalue weighted by Crippen LogP contribution is -2.33. The van der Waals surface area contributed by atoms with Crippen LogP contribution in [0.2, 0.25) is 0 Å². The molecule has 1 aromatic heterocycles. The Balaban J connectivity index is 2.50. The van der Waals surface area contributed by atoms with Gasteiger partial charge in [0.25, 0.3) is 0 Å². The highest BCUT2D eigenvalue weighted by molar-refractivity contribution is 8.11. The van der Waals surface area contributed by atoms with Crippen molar-refractivity contribution in [3.05, 3.63) is 24.0 Å². The molecule has 3 N–H and O–H groups in total. The van der Waals surface area contributed by atoms with Crippen LogP contribution >= 0.6 is 11.9 Å². The highest BCUT2D eigenvalue weighted by Crippen LogP contribution is 2.02. The van der Waals surface area contributed by atoms with E-state index in [0.717, 1.165) is 17.6 Å². The molecule has 0 radical (unpaired) electrons. The maximum Gasteiger partial charge on any atom is 0.314 e. The van der Waals surface area contributed by atoms with E-state index in [0.29, 0.717) is 6.54 Å². The van der Waals surface area contributed by atoms with Crippen molar-refractivity contribution in [2.45, 2.75) is 6.92 Å². The van der Waals surface area contributed by atoms with Crippen molar-refractivity contribution in [1.29, 1.82) is 0 Å².